The summed E-state index contributed by atoms with van der Waals surface area (Å²) in [4.78, 5) is 0. The summed E-state index contributed by atoms with van der Waals surface area (Å²) in [7, 11) is 2.07. The van der Waals surface area contributed by atoms with Gasteiger partial charge in [-0.1, -0.05) is 19.3 Å². The van der Waals surface area contributed by atoms with Crippen LogP contribution in [-0.2, 0) is 0 Å². The van der Waals surface area contributed by atoms with Crippen LogP contribution >= 0.6 is 0 Å². The Morgan fingerprint density at radius 2 is 1.78 bits per heavy atom. The third kappa shape index (κ3) is 1.72. The van der Waals surface area contributed by atoms with Gasteiger partial charge in [0.1, 0.15) is 0 Å². The number of hydrogen-bond donors (Lipinski definition) is 1. The lowest BCUT2D eigenvalue weighted by Gasteiger charge is -2.33. The van der Waals surface area contributed by atoms with E-state index in [2.05, 4.69) is 20.1 Å². The second-order valence-corrected chi connectivity index (χ2v) is 3.37. The normalized spacial score (nSPS) is 25.9. The molecule has 2 heteroatoms. The van der Waals surface area contributed by atoms with Crippen molar-refractivity contribution in [2.75, 3.05) is 0 Å². The first-order valence-corrected chi connectivity index (χ1v) is 3.96. The lowest BCUT2D eigenvalue weighted by Crippen LogP contribution is -2.42. The van der Waals surface area contributed by atoms with Crippen molar-refractivity contribution in [2.24, 2.45) is 0 Å². The average molecular weight is 125 g/mol. The van der Waals surface area contributed by atoms with Crippen LogP contribution in [0.25, 0.3) is 0 Å². The Labute approximate surface area is 58.6 Å². The second kappa shape index (κ2) is 2.74. The van der Waals surface area contributed by atoms with Gasteiger partial charge in [0, 0.05) is 5.54 Å². The van der Waals surface area contributed by atoms with Crippen LogP contribution in [0.2, 0.25) is 0 Å². The lowest BCUT2D eigenvalue weighted by atomic mass is 9.82. The Kier molecular flexibility index (Phi) is 2.17. The van der Waals surface area contributed by atoms with Crippen molar-refractivity contribution in [2.45, 2.75) is 44.6 Å². The van der Waals surface area contributed by atoms with Crippen LogP contribution in [0.3, 0.4) is 0 Å². The molecule has 1 aliphatic carbocycles. The zero-order valence-corrected chi connectivity index (χ0v) is 6.54. The summed E-state index contributed by atoms with van der Waals surface area (Å²) < 4.78 is 0. The molecule has 52 valence electrons. The van der Waals surface area contributed by atoms with E-state index in [4.69, 9.17) is 0 Å². The van der Waals surface area contributed by atoms with Gasteiger partial charge in [-0.25, -0.2) is 0 Å². The Hall–Kier alpha value is 0.0249. The molecular formula is C7H16BN. The maximum absolute atomic E-state index is 3.38. The molecule has 0 aromatic rings. The topological polar surface area (TPSA) is 12.0 Å². The van der Waals surface area contributed by atoms with E-state index in [0.29, 0.717) is 5.54 Å². The van der Waals surface area contributed by atoms with Crippen LogP contribution in [0.1, 0.15) is 39.0 Å². The van der Waals surface area contributed by atoms with Crippen molar-refractivity contribution in [3.8, 4) is 0 Å². The predicted octanol–water partition coefficient (Wildman–Crippen LogP) is 0.847. The maximum atomic E-state index is 3.38. The van der Waals surface area contributed by atoms with Gasteiger partial charge in [0.05, 0.1) is 0 Å². The fourth-order valence-electron chi connectivity index (χ4n) is 1.58. The summed E-state index contributed by atoms with van der Waals surface area (Å²) in [6, 6.07) is 0. The van der Waals surface area contributed by atoms with Gasteiger partial charge in [0.25, 0.3) is 0 Å². The van der Waals surface area contributed by atoms with Crippen LogP contribution in [0.15, 0.2) is 0 Å². The molecule has 1 saturated carbocycles. The first-order valence-electron chi connectivity index (χ1n) is 3.96. The summed E-state index contributed by atoms with van der Waals surface area (Å²) >= 11 is 0. The monoisotopic (exact) mass is 125 g/mol. The summed E-state index contributed by atoms with van der Waals surface area (Å²) in [5.74, 6) is 0. The molecule has 1 aliphatic rings. The molecule has 0 heterocycles. The smallest absolute Gasteiger partial charge is 0.182 e. The Morgan fingerprint density at radius 1 is 1.22 bits per heavy atom. The van der Waals surface area contributed by atoms with Gasteiger partial charge in [0.2, 0.25) is 0 Å². The lowest BCUT2D eigenvalue weighted by molar-refractivity contribution is 0.298. The van der Waals surface area contributed by atoms with Crippen LogP contribution in [0, 0.1) is 0 Å². The Bertz CT molecular complexity index is 86.9. The molecule has 1 rings (SSSR count). The zero-order chi connectivity index (χ0) is 6.74. The van der Waals surface area contributed by atoms with Crippen LogP contribution in [0.4, 0.5) is 0 Å². The van der Waals surface area contributed by atoms with E-state index in [1.807, 2.05) is 0 Å². The van der Waals surface area contributed by atoms with Gasteiger partial charge >= 0.3 is 0 Å². The third-order valence-corrected chi connectivity index (χ3v) is 2.56. The van der Waals surface area contributed by atoms with E-state index >= 15 is 0 Å². The minimum Gasteiger partial charge on any atom is -0.357 e. The molecular weight excluding hydrogens is 109 g/mol. The fraction of sp³-hybridized carbons (Fsp3) is 1.00. The number of rotatable bonds is 1. The Balaban J connectivity index is 2.37. The molecule has 0 saturated heterocycles. The summed E-state index contributed by atoms with van der Waals surface area (Å²) in [6.07, 6.45) is 7.00. The molecule has 0 aromatic carbocycles. The SMILES string of the molecule is BNC1(C)CCCCC1. The van der Waals surface area contributed by atoms with Crippen molar-refractivity contribution in [1.82, 2.24) is 5.23 Å². The fourth-order valence-corrected chi connectivity index (χ4v) is 1.58. The molecule has 0 bridgehead atoms. The molecule has 1 nitrogen and oxygen atoms in total. The zero-order valence-electron chi connectivity index (χ0n) is 6.54. The van der Waals surface area contributed by atoms with E-state index in [1.54, 1.807) is 0 Å². The predicted molar refractivity (Wildman–Crippen MR) is 43.2 cm³/mol. The van der Waals surface area contributed by atoms with Crippen LogP contribution in [-0.4, -0.2) is 13.5 Å². The highest BCUT2D eigenvalue weighted by molar-refractivity contribution is 6.04. The van der Waals surface area contributed by atoms with Gasteiger partial charge in [-0.15, -0.1) is 0 Å². The number of nitrogens with one attached hydrogen (secondary N) is 1. The Morgan fingerprint density at radius 3 is 2.11 bits per heavy atom. The minimum absolute atomic E-state index is 0.470. The molecule has 0 amide bonds. The number of hydrogen-bond acceptors (Lipinski definition) is 1. The van der Waals surface area contributed by atoms with Gasteiger partial charge < -0.3 is 5.23 Å². The van der Waals surface area contributed by atoms with Crippen LogP contribution < -0.4 is 5.23 Å². The van der Waals surface area contributed by atoms with Crippen molar-refractivity contribution in [3.05, 3.63) is 0 Å². The largest absolute Gasteiger partial charge is 0.357 e. The standard InChI is InChI=1S/C7H16BN/c1-7(9-8)5-3-2-4-6-7/h9H,2-6,8H2,1H3. The van der Waals surface area contributed by atoms with Crippen molar-refractivity contribution >= 4 is 7.98 Å². The molecule has 0 spiro atoms. The van der Waals surface area contributed by atoms with Crippen molar-refractivity contribution in [1.29, 1.82) is 0 Å². The molecule has 0 atom stereocenters. The van der Waals surface area contributed by atoms with Crippen LogP contribution in [0.5, 0.6) is 0 Å². The molecule has 0 aromatic heterocycles. The molecule has 0 unspecified atom stereocenters. The first kappa shape index (κ1) is 7.14. The molecule has 1 fully saturated rings. The highest BCUT2D eigenvalue weighted by Gasteiger charge is 2.23. The summed E-state index contributed by atoms with van der Waals surface area (Å²) in [5, 5.41) is 3.38. The van der Waals surface area contributed by atoms with E-state index in [0.717, 1.165) is 0 Å². The first-order chi connectivity index (χ1) is 4.27. The van der Waals surface area contributed by atoms with Gasteiger partial charge in [-0.3, -0.25) is 0 Å². The van der Waals surface area contributed by atoms with Gasteiger partial charge in [-0.05, 0) is 19.8 Å². The average Bonchev–Trinajstić information content (AvgIpc) is 1.90. The summed E-state index contributed by atoms with van der Waals surface area (Å²) in [6.45, 7) is 2.33. The molecule has 9 heavy (non-hydrogen) atoms. The quantitative estimate of drug-likeness (QED) is 0.512. The van der Waals surface area contributed by atoms with E-state index < -0.39 is 0 Å². The summed E-state index contributed by atoms with van der Waals surface area (Å²) in [5.41, 5.74) is 0.470. The molecule has 0 radical (unpaired) electrons. The van der Waals surface area contributed by atoms with Gasteiger partial charge in [-0.2, -0.15) is 0 Å². The van der Waals surface area contributed by atoms with Gasteiger partial charge in [0.15, 0.2) is 7.98 Å². The van der Waals surface area contributed by atoms with Crippen molar-refractivity contribution in [3.63, 3.8) is 0 Å². The third-order valence-electron chi connectivity index (χ3n) is 2.56. The van der Waals surface area contributed by atoms with Crippen molar-refractivity contribution < 1.29 is 0 Å². The van der Waals surface area contributed by atoms with E-state index in [-0.39, 0.29) is 0 Å². The minimum atomic E-state index is 0.470. The second-order valence-electron chi connectivity index (χ2n) is 3.37. The highest BCUT2D eigenvalue weighted by atomic mass is 14.9. The molecule has 1 N–H and O–H groups in total. The highest BCUT2D eigenvalue weighted by Crippen LogP contribution is 2.26. The van der Waals surface area contributed by atoms with E-state index in [9.17, 15) is 0 Å². The maximum Gasteiger partial charge on any atom is 0.182 e. The van der Waals surface area contributed by atoms with E-state index in [1.165, 1.54) is 32.1 Å². The molecule has 0 aliphatic heterocycles.